The number of rotatable bonds is 0. The van der Waals surface area contributed by atoms with Gasteiger partial charge in [0.05, 0.1) is 5.52 Å². The number of fused-ring (bicyclic) bond motifs is 4. The van der Waals surface area contributed by atoms with Crippen molar-refractivity contribution in [1.82, 2.24) is 14.4 Å². The Hall–Kier alpha value is -2.29. The van der Waals surface area contributed by atoms with Crippen LogP contribution in [0, 0.1) is 0 Å². The SMILES string of the molecule is c1ccc2c(c1)[nH]c1cc3nccn3cc12. The van der Waals surface area contributed by atoms with Gasteiger partial charge in [-0.2, -0.15) is 0 Å². The minimum atomic E-state index is 0.971. The Morgan fingerprint density at radius 3 is 3.00 bits per heavy atom. The van der Waals surface area contributed by atoms with Gasteiger partial charge in [0, 0.05) is 40.9 Å². The van der Waals surface area contributed by atoms with Crippen LogP contribution in [0.4, 0.5) is 0 Å². The van der Waals surface area contributed by atoms with E-state index in [-0.39, 0.29) is 0 Å². The van der Waals surface area contributed by atoms with Crippen LogP contribution in [0.2, 0.25) is 0 Å². The molecule has 0 amide bonds. The van der Waals surface area contributed by atoms with E-state index in [4.69, 9.17) is 0 Å². The van der Waals surface area contributed by atoms with Gasteiger partial charge in [-0.3, -0.25) is 0 Å². The van der Waals surface area contributed by atoms with E-state index in [9.17, 15) is 0 Å². The van der Waals surface area contributed by atoms with Crippen LogP contribution in [0.25, 0.3) is 27.5 Å². The third kappa shape index (κ3) is 0.896. The molecule has 0 unspecified atom stereocenters. The standard InChI is InChI=1S/C13H9N3/c1-2-4-11-9(3-1)10-8-16-6-5-14-13(16)7-12(10)15-11/h1-8,15H. The van der Waals surface area contributed by atoms with Crippen molar-refractivity contribution in [2.24, 2.45) is 0 Å². The Morgan fingerprint density at radius 2 is 2.00 bits per heavy atom. The fraction of sp³-hybridized carbons (Fsp3) is 0. The molecule has 0 bridgehead atoms. The van der Waals surface area contributed by atoms with Gasteiger partial charge in [-0.1, -0.05) is 18.2 Å². The van der Waals surface area contributed by atoms with Gasteiger partial charge in [0.1, 0.15) is 5.65 Å². The summed E-state index contributed by atoms with van der Waals surface area (Å²) in [4.78, 5) is 7.69. The van der Waals surface area contributed by atoms with Crippen molar-refractivity contribution in [2.45, 2.75) is 0 Å². The molecule has 0 fully saturated rings. The highest BCUT2D eigenvalue weighted by Crippen LogP contribution is 2.25. The smallest absolute Gasteiger partial charge is 0.138 e. The Kier molecular flexibility index (Phi) is 1.31. The molecule has 0 aliphatic rings. The lowest BCUT2D eigenvalue weighted by Crippen LogP contribution is -1.81. The van der Waals surface area contributed by atoms with Crippen molar-refractivity contribution >= 4 is 27.5 Å². The number of hydrogen-bond acceptors (Lipinski definition) is 1. The lowest BCUT2D eigenvalue weighted by Gasteiger charge is -1.94. The molecule has 3 heterocycles. The topological polar surface area (TPSA) is 33.1 Å². The number of nitrogens with one attached hydrogen (secondary N) is 1. The third-order valence-corrected chi connectivity index (χ3v) is 3.02. The minimum Gasteiger partial charge on any atom is -0.354 e. The molecule has 0 saturated carbocycles. The van der Waals surface area contributed by atoms with Crippen LogP contribution >= 0.6 is 0 Å². The second kappa shape index (κ2) is 2.64. The predicted molar refractivity (Wildman–Crippen MR) is 64.6 cm³/mol. The van der Waals surface area contributed by atoms with Crippen molar-refractivity contribution in [1.29, 1.82) is 0 Å². The summed E-state index contributed by atoms with van der Waals surface area (Å²) in [6.07, 6.45) is 5.91. The number of aromatic amines is 1. The molecule has 76 valence electrons. The number of hydrogen-bond donors (Lipinski definition) is 1. The summed E-state index contributed by atoms with van der Waals surface area (Å²) in [5.41, 5.74) is 3.28. The Balaban J connectivity index is 2.32. The minimum absolute atomic E-state index is 0.971. The summed E-state index contributed by atoms with van der Waals surface area (Å²) in [5.74, 6) is 0. The van der Waals surface area contributed by atoms with Crippen molar-refractivity contribution in [3.63, 3.8) is 0 Å². The van der Waals surface area contributed by atoms with Gasteiger partial charge in [0.2, 0.25) is 0 Å². The quantitative estimate of drug-likeness (QED) is 0.472. The molecule has 0 radical (unpaired) electrons. The average Bonchev–Trinajstić information content (AvgIpc) is 2.88. The summed E-state index contributed by atoms with van der Waals surface area (Å²) in [5, 5.41) is 2.49. The maximum atomic E-state index is 4.28. The second-order valence-corrected chi connectivity index (χ2v) is 3.96. The Labute approximate surface area is 91.3 Å². The fourth-order valence-corrected chi connectivity index (χ4v) is 2.25. The summed E-state index contributed by atoms with van der Waals surface area (Å²) >= 11 is 0. The van der Waals surface area contributed by atoms with Crippen LogP contribution in [0.5, 0.6) is 0 Å². The van der Waals surface area contributed by atoms with E-state index in [1.807, 2.05) is 22.9 Å². The molecule has 3 aromatic heterocycles. The highest BCUT2D eigenvalue weighted by Gasteiger charge is 2.04. The van der Waals surface area contributed by atoms with E-state index < -0.39 is 0 Å². The van der Waals surface area contributed by atoms with Crippen LogP contribution in [0.1, 0.15) is 0 Å². The zero-order chi connectivity index (χ0) is 10.5. The molecule has 4 aromatic rings. The average molecular weight is 207 g/mol. The van der Waals surface area contributed by atoms with Crippen molar-refractivity contribution in [2.75, 3.05) is 0 Å². The summed E-state index contributed by atoms with van der Waals surface area (Å²) < 4.78 is 2.04. The number of pyridine rings is 1. The van der Waals surface area contributed by atoms with Gasteiger partial charge in [0.25, 0.3) is 0 Å². The van der Waals surface area contributed by atoms with E-state index in [0.717, 1.165) is 11.2 Å². The molecule has 4 rings (SSSR count). The van der Waals surface area contributed by atoms with Crippen LogP contribution in [0.3, 0.4) is 0 Å². The maximum Gasteiger partial charge on any atom is 0.138 e. The van der Waals surface area contributed by atoms with Crippen LogP contribution in [-0.4, -0.2) is 14.4 Å². The van der Waals surface area contributed by atoms with Crippen molar-refractivity contribution in [3.05, 3.63) is 48.9 Å². The highest BCUT2D eigenvalue weighted by atomic mass is 15.0. The highest BCUT2D eigenvalue weighted by molar-refractivity contribution is 6.07. The monoisotopic (exact) mass is 207 g/mol. The van der Waals surface area contributed by atoms with Crippen LogP contribution < -0.4 is 0 Å². The zero-order valence-corrected chi connectivity index (χ0v) is 8.51. The molecule has 3 heteroatoms. The molecule has 1 aromatic carbocycles. The summed E-state index contributed by atoms with van der Waals surface area (Å²) in [6, 6.07) is 10.4. The van der Waals surface area contributed by atoms with E-state index in [1.54, 1.807) is 0 Å². The maximum absolute atomic E-state index is 4.28. The Bertz CT molecular complexity index is 808. The summed E-state index contributed by atoms with van der Waals surface area (Å²) in [6.45, 7) is 0. The van der Waals surface area contributed by atoms with Gasteiger partial charge in [-0.05, 0) is 6.07 Å². The predicted octanol–water partition coefficient (Wildman–Crippen LogP) is 2.97. The molecular weight excluding hydrogens is 198 g/mol. The third-order valence-electron chi connectivity index (χ3n) is 3.02. The first-order valence-electron chi connectivity index (χ1n) is 5.25. The largest absolute Gasteiger partial charge is 0.354 e. The van der Waals surface area contributed by atoms with Crippen LogP contribution in [-0.2, 0) is 0 Å². The first-order valence-corrected chi connectivity index (χ1v) is 5.25. The number of imidazole rings is 1. The number of aromatic nitrogens is 3. The van der Waals surface area contributed by atoms with Gasteiger partial charge >= 0.3 is 0 Å². The van der Waals surface area contributed by atoms with E-state index in [0.29, 0.717) is 0 Å². The molecule has 0 saturated heterocycles. The van der Waals surface area contributed by atoms with E-state index in [2.05, 4.69) is 40.4 Å². The normalized spacial score (nSPS) is 11.8. The molecule has 3 nitrogen and oxygen atoms in total. The number of H-pyrrole nitrogens is 1. The zero-order valence-electron chi connectivity index (χ0n) is 8.51. The molecule has 1 N–H and O–H groups in total. The van der Waals surface area contributed by atoms with E-state index >= 15 is 0 Å². The lowest BCUT2D eigenvalue weighted by atomic mass is 10.2. The molecule has 0 atom stereocenters. The lowest BCUT2D eigenvalue weighted by molar-refractivity contribution is 1.21. The molecular formula is C13H9N3. The molecule has 16 heavy (non-hydrogen) atoms. The summed E-state index contributed by atoms with van der Waals surface area (Å²) in [7, 11) is 0. The van der Waals surface area contributed by atoms with Crippen LogP contribution in [0.15, 0.2) is 48.9 Å². The first-order chi connectivity index (χ1) is 7.92. The number of para-hydroxylation sites is 1. The number of benzene rings is 1. The van der Waals surface area contributed by atoms with Gasteiger partial charge in [0.15, 0.2) is 0 Å². The van der Waals surface area contributed by atoms with Gasteiger partial charge in [-0.15, -0.1) is 0 Å². The van der Waals surface area contributed by atoms with Crippen molar-refractivity contribution in [3.8, 4) is 0 Å². The molecule has 0 aliphatic heterocycles. The Morgan fingerprint density at radius 1 is 1.06 bits per heavy atom. The van der Waals surface area contributed by atoms with Gasteiger partial charge < -0.3 is 9.38 Å². The fourth-order valence-electron chi connectivity index (χ4n) is 2.25. The van der Waals surface area contributed by atoms with Gasteiger partial charge in [-0.25, -0.2) is 4.98 Å². The van der Waals surface area contributed by atoms with E-state index in [1.165, 1.54) is 16.3 Å². The second-order valence-electron chi connectivity index (χ2n) is 3.96. The van der Waals surface area contributed by atoms with Crippen molar-refractivity contribution < 1.29 is 0 Å². The molecule has 0 aliphatic carbocycles. The molecule has 0 spiro atoms. The first kappa shape index (κ1) is 7.93. The number of nitrogens with zero attached hydrogens (tertiary/aromatic N) is 2.